The van der Waals surface area contributed by atoms with Gasteiger partial charge in [-0.2, -0.15) is 0 Å². The van der Waals surface area contributed by atoms with E-state index in [1.807, 2.05) is 7.11 Å². The summed E-state index contributed by atoms with van der Waals surface area (Å²) in [6, 6.07) is 1.36. The SMILES string of the molecule is CCN(CC1CCC1)C(CNC1CC1)COC. The van der Waals surface area contributed by atoms with Crippen molar-refractivity contribution >= 4 is 0 Å². The van der Waals surface area contributed by atoms with Crippen molar-refractivity contribution in [3.05, 3.63) is 0 Å². The quantitative estimate of drug-likeness (QED) is 0.666. The first kappa shape index (κ1) is 13.3. The Morgan fingerprint density at radius 3 is 2.53 bits per heavy atom. The Bertz CT molecular complexity index is 214. The maximum absolute atomic E-state index is 5.39. The maximum atomic E-state index is 5.39. The fourth-order valence-electron chi connectivity index (χ4n) is 2.62. The van der Waals surface area contributed by atoms with Crippen molar-refractivity contribution in [3.8, 4) is 0 Å². The average molecular weight is 240 g/mol. The summed E-state index contributed by atoms with van der Waals surface area (Å²) in [5.74, 6) is 0.954. The molecule has 2 saturated carbocycles. The Kier molecular flexibility index (Phi) is 5.26. The summed E-state index contributed by atoms with van der Waals surface area (Å²) in [7, 11) is 1.82. The normalized spacial score (nSPS) is 22.8. The first-order valence-electron chi connectivity index (χ1n) is 7.29. The second-order valence-corrected chi connectivity index (χ2v) is 5.68. The number of nitrogens with zero attached hydrogens (tertiary/aromatic N) is 1. The van der Waals surface area contributed by atoms with Gasteiger partial charge in [0.1, 0.15) is 0 Å². The number of methoxy groups -OCH3 is 1. The Morgan fingerprint density at radius 1 is 1.29 bits per heavy atom. The van der Waals surface area contributed by atoms with Crippen LogP contribution in [0.3, 0.4) is 0 Å². The van der Waals surface area contributed by atoms with E-state index in [1.54, 1.807) is 0 Å². The summed E-state index contributed by atoms with van der Waals surface area (Å²) in [6.45, 7) is 6.66. The Balaban J connectivity index is 1.76. The third kappa shape index (κ3) is 4.23. The van der Waals surface area contributed by atoms with E-state index in [0.29, 0.717) is 6.04 Å². The first-order chi connectivity index (χ1) is 8.33. The number of hydrogen-bond acceptors (Lipinski definition) is 3. The van der Waals surface area contributed by atoms with Crippen molar-refractivity contribution < 1.29 is 4.74 Å². The summed E-state index contributed by atoms with van der Waals surface area (Å²) in [4.78, 5) is 2.61. The van der Waals surface area contributed by atoms with Gasteiger partial charge in [0, 0.05) is 32.3 Å². The predicted molar refractivity (Wildman–Crippen MR) is 71.3 cm³/mol. The second kappa shape index (κ2) is 6.72. The van der Waals surface area contributed by atoms with Crippen LogP contribution in [0.4, 0.5) is 0 Å². The minimum Gasteiger partial charge on any atom is -0.383 e. The highest BCUT2D eigenvalue weighted by atomic mass is 16.5. The predicted octanol–water partition coefficient (Wildman–Crippen LogP) is 1.88. The average Bonchev–Trinajstić information content (AvgIpc) is 3.07. The highest BCUT2D eigenvalue weighted by molar-refractivity contribution is 4.85. The molecule has 3 heteroatoms. The maximum Gasteiger partial charge on any atom is 0.0630 e. The van der Waals surface area contributed by atoms with Gasteiger partial charge in [-0.15, -0.1) is 0 Å². The number of ether oxygens (including phenoxy) is 1. The summed E-state index contributed by atoms with van der Waals surface area (Å²) in [6.07, 6.45) is 7.05. The molecule has 2 fully saturated rings. The Hall–Kier alpha value is -0.120. The zero-order chi connectivity index (χ0) is 12.1. The fourth-order valence-corrected chi connectivity index (χ4v) is 2.62. The largest absolute Gasteiger partial charge is 0.383 e. The molecule has 0 aromatic carbocycles. The van der Waals surface area contributed by atoms with Crippen LogP contribution >= 0.6 is 0 Å². The molecule has 0 aromatic heterocycles. The standard InChI is InChI=1S/C14H28N2O/c1-3-16(10-12-5-4-6-12)14(11-17-2)9-15-13-7-8-13/h12-15H,3-11H2,1-2H3. The molecular weight excluding hydrogens is 212 g/mol. The summed E-state index contributed by atoms with van der Waals surface area (Å²) in [5.41, 5.74) is 0. The monoisotopic (exact) mass is 240 g/mol. The van der Waals surface area contributed by atoms with E-state index in [0.717, 1.165) is 31.7 Å². The van der Waals surface area contributed by atoms with E-state index in [9.17, 15) is 0 Å². The van der Waals surface area contributed by atoms with Gasteiger partial charge >= 0.3 is 0 Å². The molecule has 1 atom stereocenters. The van der Waals surface area contributed by atoms with Crippen molar-refractivity contribution in [2.45, 2.75) is 51.1 Å². The molecule has 0 bridgehead atoms. The molecule has 0 saturated heterocycles. The topological polar surface area (TPSA) is 24.5 Å². The van der Waals surface area contributed by atoms with Crippen LogP contribution in [0.25, 0.3) is 0 Å². The number of nitrogens with one attached hydrogen (secondary N) is 1. The van der Waals surface area contributed by atoms with E-state index in [1.165, 1.54) is 38.6 Å². The minimum absolute atomic E-state index is 0.561. The van der Waals surface area contributed by atoms with E-state index in [4.69, 9.17) is 4.74 Å². The minimum atomic E-state index is 0.561. The van der Waals surface area contributed by atoms with Crippen LogP contribution in [0.5, 0.6) is 0 Å². The number of rotatable bonds is 9. The van der Waals surface area contributed by atoms with Crippen molar-refractivity contribution in [1.82, 2.24) is 10.2 Å². The van der Waals surface area contributed by atoms with Crippen molar-refractivity contribution in [1.29, 1.82) is 0 Å². The molecule has 2 aliphatic rings. The van der Waals surface area contributed by atoms with E-state index in [-0.39, 0.29) is 0 Å². The van der Waals surface area contributed by atoms with Crippen molar-refractivity contribution in [2.75, 3.05) is 33.4 Å². The van der Waals surface area contributed by atoms with Crippen LogP contribution in [0.2, 0.25) is 0 Å². The fraction of sp³-hybridized carbons (Fsp3) is 1.00. The molecule has 2 aliphatic carbocycles. The Morgan fingerprint density at radius 2 is 2.06 bits per heavy atom. The van der Waals surface area contributed by atoms with Gasteiger partial charge in [-0.1, -0.05) is 13.3 Å². The summed E-state index contributed by atoms with van der Waals surface area (Å²) in [5, 5.41) is 3.64. The first-order valence-corrected chi connectivity index (χ1v) is 7.29. The third-order valence-electron chi connectivity index (χ3n) is 4.22. The van der Waals surface area contributed by atoms with Crippen LogP contribution in [-0.4, -0.2) is 50.3 Å². The van der Waals surface area contributed by atoms with Gasteiger partial charge in [0.25, 0.3) is 0 Å². The molecule has 1 N–H and O–H groups in total. The molecule has 1 unspecified atom stereocenters. The molecule has 2 rings (SSSR count). The molecule has 3 nitrogen and oxygen atoms in total. The summed E-state index contributed by atoms with van der Waals surface area (Å²) >= 11 is 0. The molecule has 0 spiro atoms. The molecule has 0 amide bonds. The van der Waals surface area contributed by atoms with Gasteiger partial charge in [-0.05, 0) is 38.1 Å². The van der Waals surface area contributed by atoms with Crippen LogP contribution in [0.15, 0.2) is 0 Å². The van der Waals surface area contributed by atoms with Crippen molar-refractivity contribution in [2.24, 2.45) is 5.92 Å². The molecule has 0 aromatic rings. The zero-order valence-electron chi connectivity index (χ0n) is 11.5. The smallest absolute Gasteiger partial charge is 0.0630 e. The number of likely N-dealkylation sites (N-methyl/N-ethyl adjacent to an activating group) is 1. The highest BCUT2D eigenvalue weighted by Crippen LogP contribution is 2.27. The lowest BCUT2D eigenvalue weighted by Gasteiger charge is -2.36. The molecular formula is C14H28N2O. The van der Waals surface area contributed by atoms with Crippen LogP contribution in [-0.2, 0) is 4.74 Å². The van der Waals surface area contributed by atoms with Gasteiger partial charge in [0.2, 0.25) is 0 Å². The van der Waals surface area contributed by atoms with Gasteiger partial charge < -0.3 is 10.1 Å². The molecule has 0 radical (unpaired) electrons. The van der Waals surface area contributed by atoms with Crippen molar-refractivity contribution in [3.63, 3.8) is 0 Å². The lowest BCUT2D eigenvalue weighted by atomic mass is 9.85. The molecule has 17 heavy (non-hydrogen) atoms. The lowest BCUT2D eigenvalue weighted by Crippen LogP contribution is -2.48. The molecule has 100 valence electrons. The highest BCUT2D eigenvalue weighted by Gasteiger charge is 2.27. The van der Waals surface area contributed by atoms with E-state index >= 15 is 0 Å². The van der Waals surface area contributed by atoms with Crippen LogP contribution in [0, 0.1) is 5.92 Å². The Labute approximate surface area is 106 Å². The lowest BCUT2D eigenvalue weighted by molar-refractivity contribution is 0.0699. The molecule has 0 aliphatic heterocycles. The van der Waals surface area contributed by atoms with Gasteiger partial charge in [-0.3, -0.25) is 4.90 Å². The second-order valence-electron chi connectivity index (χ2n) is 5.68. The summed E-state index contributed by atoms with van der Waals surface area (Å²) < 4.78 is 5.39. The van der Waals surface area contributed by atoms with Crippen LogP contribution < -0.4 is 5.32 Å². The van der Waals surface area contributed by atoms with E-state index in [2.05, 4.69) is 17.1 Å². The van der Waals surface area contributed by atoms with Gasteiger partial charge in [-0.25, -0.2) is 0 Å². The van der Waals surface area contributed by atoms with Gasteiger partial charge in [0.15, 0.2) is 0 Å². The zero-order valence-corrected chi connectivity index (χ0v) is 11.5. The van der Waals surface area contributed by atoms with Gasteiger partial charge in [0.05, 0.1) is 6.61 Å². The number of hydrogen-bond donors (Lipinski definition) is 1. The van der Waals surface area contributed by atoms with Crippen LogP contribution in [0.1, 0.15) is 39.0 Å². The third-order valence-corrected chi connectivity index (χ3v) is 4.22. The molecule has 0 heterocycles. The van der Waals surface area contributed by atoms with E-state index < -0.39 is 0 Å².